The van der Waals surface area contributed by atoms with E-state index in [-0.39, 0.29) is 11.3 Å². The summed E-state index contributed by atoms with van der Waals surface area (Å²) in [7, 11) is -4.34. The van der Waals surface area contributed by atoms with E-state index in [0.29, 0.717) is 0 Å². The number of hydroxylamine groups is 1. The second kappa shape index (κ2) is 2.54. The zero-order valence-electron chi connectivity index (χ0n) is 6.45. The van der Waals surface area contributed by atoms with Crippen molar-refractivity contribution in [3.63, 3.8) is 0 Å². The van der Waals surface area contributed by atoms with E-state index in [9.17, 15) is 18.4 Å². The first kappa shape index (κ1) is 9.17. The standard InChI is InChI=1S/C5H7NO5S/c1-3-4(2)11-12(9,10)6(8)5(3)7/h6H,1-2H3. The number of hydrogen-bond donors (Lipinski definition) is 1. The molecule has 1 aliphatic heterocycles. The van der Waals surface area contributed by atoms with Crippen molar-refractivity contribution < 1.29 is 21.9 Å². The van der Waals surface area contributed by atoms with E-state index in [4.69, 9.17) is 0 Å². The highest BCUT2D eigenvalue weighted by Gasteiger charge is 2.36. The largest absolute Gasteiger partial charge is 0.608 e. The predicted octanol–water partition coefficient (Wildman–Crippen LogP) is -1.54. The van der Waals surface area contributed by atoms with Gasteiger partial charge in [-0.1, -0.05) is 0 Å². The molecule has 0 radical (unpaired) electrons. The van der Waals surface area contributed by atoms with Gasteiger partial charge in [0.05, 0.1) is 5.57 Å². The smallest absolute Gasteiger partial charge is 0.490 e. The molecule has 0 aromatic heterocycles. The summed E-state index contributed by atoms with van der Waals surface area (Å²) < 4.78 is 24.2. The minimum Gasteiger partial charge on any atom is -0.608 e. The Morgan fingerprint density at radius 2 is 1.92 bits per heavy atom. The van der Waals surface area contributed by atoms with Crippen LogP contribution in [0.25, 0.3) is 0 Å². The lowest BCUT2D eigenvalue weighted by atomic mass is 10.2. The number of allylic oxidation sites excluding steroid dienone is 1. The summed E-state index contributed by atoms with van der Waals surface area (Å²) >= 11 is 0. The van der Waals surface area contributed by atoms with E-state index >= 15 is 0 Å². The molecule has 1 N–H and O–H groups in total. The van der Waals surface area contributed by atoms with Crippen LogP contribution in [0.2, 0.25) is 0 Å². The van der Waals surface area contributed by atoms with Crippen LogP contribution in [0.4, 0.5) is 0 Å². The zero-order valence-corrected chi connectivity index (χ0v) is 7.27. The first-order valence-corrected chi connectivity index (χ1v) is 4.47. The molecule has 0 saturated heterocycles. The van der Waals surface area contributed by atoms with E-state index in [1.165, 1.54) is 13.8 Å². The molecule has 1 unspecified atom stereocenters. The summed E-state index contributed by atoms with van der Waals surface area (Å²) in [5.74, 6) is -1.06. The SMILES string of the molecule is CC1=C(C)C(=O)[NH+]([O-])S(=O)(=O)O1. The summed E-state index contributed by atoms with van der Waals surface area (Å²) in [4.78, 5) is 10.9. The minimum absolute atomic E-state index is 0.0369. The molecule has 68 valence electrons. The van der Waals surface area contributed by atoms with Gasteiger partial charge in [-0.3, -0.25) is 0 Å². The van der Waals surface area contributed by atoms with Crippen molar-refractivity contribution >= 4 is 16.2 Å². The summed E-state index contributed by atoms with van der Waals surface area (Å²) in [6, 6.07) is 0. The molecule has 6 nitrogen and oxygen atoms in total. The molecule has 0 spiro atoms. The van der Waals surface area contributed by atoms with E-state index in [0.717, 1.165) is 0 Å². The van der Waals surface area contributed by atoms with Gasteiger partial charge in [0.2, 0.25) is 0 Å². The fraction of sp³-hybridized carbons (Fsp3) is 0.400. The van der Waals surface area contributed by atoms with Crippen molar-refractivity contribution in [2.24, 2.45) is 0 Å². The summed E-state index contributed by atoms with van der Waals surface area (Å²) in [5.41, 5.74) is 0.0369. The number of hydrogen-bond acceptors (Lipinski definition) is 5. The summed E-state index contributed by atoms with van der Waals surface area (Å²) in [6.45, 7) is 2.65. The molecule has 1 heterocycles. The van der Waals surface area contributed by atoms with Crippen molar-refractivity contribution in [2.75, 3.05) is 0 Å². The molecule has 1 rings (SSSR count). The van der Waals surface area contributed by atoms with Crippen LogP contribution in [-0.2, 0) is 19.3 Å². The van der Waals surface area contributed by atoms with Crippen molar-refractivity contribution in [3.8, 4) is 0 Å². The van der Waals surface area contributed by atoms with Gasteiger partial charge in [-0.25, -0.2) is 4.79 Å². The first-order valence-electron chi connectivity index (χ1n) is 3.07. The van der Waals surface area contributed by atoms with Crippen LogP contribution in [-0.4, -0.2) is 14.3 Å². The molecule has 1 aliphatic rings. The lowest BCUT2D eigenvalue weighted by Crippen LogP contribution is -3.13. The third-order valence-electron chi connectivity index (χ3n) is 1.52. The average molecular weight is 193 g/mol. The molecule has 1 amide bonds. The van der Waals surface area contributed by atoms with Crippen molar-refractivity contribution in [2.45, 2.75) is 13.8 Å². The third-order valence-corrected chi connectivity index (χ3v) is 2.62. The second-order valence-corrected chi connectivity index (χ2v) is 3.78. The fourth-order valence-electron chi connectivity index (χ4n) is 0.691. The quantitative estimate of drug-likeness (QED) is 0.471. The molecular weight excluding hydrogens is 186 g/mol. The molecule has 7 heteroatoms. The Hall–Kier alpha value is -0.920. The van der Waals surface area contributed by atoms with E-state index in [1.54, 1.807) is 0 Å². The van der Waals surface area contributed by atoms with Crippen molar-refractivity contribution in [1.29, 1.82) is 0 Å². The monoisotopic (exact) mass is 193 g/mol. The maximum absolute atomic E-state index is 10.9. The summed E-state index contributed by atoms with van der Waals surface area (Å²) in [5, 5.41) is 10.7. The Morgan fingerprint density at radius 3 is 2.42 bits per heavy atom. The number of carbonyl (C=O) groups excluding carboxylic acids is 1. The Bertz CT molecular complexity index is 354. The second-order valence-electron chi connectivity index (χ2n) is 2.34. The Morgan fingerprint density at radius 1 is 1.42 bits per heavy atom. The first-order chi connectivity index (χ1) is 5.36. The maximum Gasteiger partial charge on any atom is 0.490 e. The van der Waals surface area contributed by atoms with E-state index < -0.39 is 20.7 Å². The minimum atomic E-state index is -4.34. The fourth-order valence-corrected chi connectivity index (χ4v) is 1.60. The molecule has 0 aromatic rings. The number of quaternary nitrogens is 1. The molecule has 0 aliphatic carbocycles. The highest BCUT2D eigenvalue weighted by molar-refractivity contribution is 7.80. The molecule has 0 bridgehead atoms. The summed E-state index contributed by atoms with van der Waals surface area (Å²) in [6.07, 6.45) is 0. The van der Waals surface area contributed by atoms with Crippen molar-refractivity contribution in [1.82, 2.24) is 0 Å². The normalized spacial score (nSPS) is 28.6. The lowest BCUT2D eigenvalue weighted by molar-refractivity contribution is -0.623. The lowest BCUT2D eigenvalue weighted by Gasteiger charge is -2.23. The highest BCUT2D eigenvalue weighted by atomic mass is 32.2. The Kier molecular flexibility index (Phi) is 1.94. The van der Waals surface area contributed by atoms with Crippen LogP contribution in [0.1, 0.15) is 13.8 Å². The molecule has 12 heavy (non-hydrogen) atoms. The average Bonchev–Trinajstić information content (AvgIpc) is 1.97. The number of carbonyl (C=O) groups is 1. The van der Waals surface area contributed by atoms with Gasteiger partial charge >= 0.3 is 16.2 Å². The third kappa shape index (κ3) is 1.22. The maximum atomic E-state index is 10.9. The predicted molar refractivity (Wildman–Crippen MR) is 37.7 cm³/mol. The van der Waals surface area contributed by atoms with E-state index in [1.807, 2.05) is 0 Å². The van der Waals surface area contributed by atoms with Crippen LogP contribution in [0, 0.1) is 5.21 Å². The van der Waals surface area contributed by atoms with Gasteiger partial charge in [-0.2, -0.15) is 4.47 Å². The Labute approximate surface area is 69.3 Å². The van der Waals surface area contributed by atoms with Crippen LogP contribution in [0.5, 0.6) is 0 Å². The van der Waals surface area contributed by atoms with Crippen LogP contribution < -0.4 is 4.47 Å². The van der Waals surface area contributed by atoms with E-state index in [2.05, 4.69) is 4.18 Å². The molecule has 0 aromatic carbocycles. The number of rotatable bonds is 0. The molecular formula is C5H7NO5S. The van der Waals surface area contributed by atoms with Crippen molar-refractivity contribution in [3.05, 3.63) is 16.5 Å². The Balaban J connectivity index is 3.26. The van der Waals surface area contributed by atoms with Gasteiger partial charge in [0.1, 0.15) is 5.76 Å². The number of amides is 1. The van der Waals surface area contributed by atoms with Crippen LogP contribution in [0.15, 0.2) is 11.3 Å². The molecule has 0 fully saturated rings. The van der Waals surface area contributed by atoms with Gasteiger partial charge in [0, 0.05) is 0 Å². The van der Waals surface area contributed by atoms with Gasteiger partial charge in [-0.15, -0.1) is 8.42 Å². The van der Waals surface area contributed by atoms with Crippen LogP contribution >= 0.6 is 0 Å². The van der Waals surface area contributed by atoms with Gasteiger partial charge in [-0.05, 0) is 13.8 Å². The van der Waals surface area contributed by atoms with Gasteiger partial charge in [0.15, 0.2) is 0 Å². The highest BCUT2D eigenvalue weighted by Crippen LogP contribution is 2.10. The topological polar surface area (TPSA) is 87.9 Å². The van der Waals surface area contributed by atoms with Gasteiger partial charge in [0.25, 0.3) is 0 Å². The molecule has 0 saturated carbocycles. The van der Waals surface area contributed by atoms with Gasteiger partial charge < -0.3 is 9.39 Å². The zero-order chi connectivity index (χ0) is 9.52. The number of nitrogens with one attached hydrogen (secondary N) is 1. The van der Waals surface area contributed by atoms with Crippen LogP contribution in [0.3, 0.4) is 0 Å². The molecule has 1 atom stereocenters.